The zero-order chi connectivity index (χ0) is 21.0. The fraction of sp³-hybridized carbons (Fsp3) is 0.391. The number of nitrogens with zero attached hydrogens (tertiary/aromatic N) is 1. The third-order valence-electron chi connectivity index (χ3n) is 5.66. The Balaban J connectivity index is 1.22. The Morgan fingerprint density at radius 2 is 1.83 bits per heavy atom. The molecule has 2 aromatic rings. The minimum Gasteiger partial charge on any atom is -0.326 e. The van der Waals surface area contributed by atoms with Crippen molar-refractivity contribution in [3.63, 3.8) is 0 Å². The summed E-state index contributed by atoms with van der Waals surface area (Å²) in [4.78, 5) is 17.0. The van der Waals surface area contributed by atoms with E-state index >= 15 is 0 Å². The van der Waals surface area contributed by atoms with Crippen LogP contribution in [0.5, 0.6) is 0 Å². The fourth-order valence-corrected chi connectivity index (χ4v) is 5.38. The number of sulfonamides is 1. The van der Waals surface area contributed by atoms with Crippen LogP contribution in [0.4, 0.5) is 5.69 Å². The summed E-state index contributed by atoms with van der Waals surface area (Å²) in [5, 5.41) is 3.08. The topological polar surface area (TPSA) is 87.6 Å². The molecule has 2 aliphatic rings. The molecule has 7 heteroatoms. The number of aliphatic imine (C=N–C) groups is 1. The molecular formula is C23H27N3O3S. The maximum Gasteiger partial charge on any atom is 0.263 e. The van der Waals surface area contributed by atoms with Gasteiger partial charge < -0.3 is 5.32 Å². The molecule has 30 heavy (non-hydrogen) atoms. The Bertz CT molecular complexity index is 1080. The van der Waals surface area contributed by atoms with Gasteiger partial charge in [-0.25, -0.2) is 8.42 Å². The number of benzene rings is 2. The van der Waals surface area contributed by atoms with Crippen molar-refractivity contribution >= 4 is 27.5 Å². The van der Waals surface area contributed by atoms with E-state index in [1.165, 1.54) is 24.0 Å². The highest BCUT2D eigenvalue weighted by Crippen LogP contribution is 2.28. The van der Waals surface area contributed by atoms with Crippen LogP contribution in [0.3, 0.4) is 0 Å². The van der Waals surface area contributed by atoms with Crippen LogP contribution in [0.1, 0.15) is 55.2 Å². The van der Waals surface area contributed by atoms with E-state index in [1.807, 2.05) is 12.1 Å². The number of hydrogen-bond donors (Lipinski definition) is 2. The van der Waals surface area contributed by atoms with Crippen molar-refractivity contribution in [2.75, 3.05) is 11.9 Å². The summed E-state index contributed by atoms with van der Waals surface area (Å²) in [7, 11) is -3.48. The number of fused-ring (bicyclic) bond motifs is 2. The molecule has 6 nitrogen and oxygen atoms in total. The molecule has 4 rings (SSSR count). The first-order chi connectivity index (χ1) is 14.5. The molecule has 0 unspecified atom stereocenters. The number of carbonyl (C=O) groups excluding carboxylic acids is 1. The van der Waals surface area contributed by atoms with E-state index in [0.29, 0.717) is 24.4 Å². The van der Waals surface area contributed by atoms with Crippen LogP contribution in [0.25, 0.3) is 0 Å². The van der Waals surface area contributed by atoms with Gasteiger partial charge in [-0.1, -0.05) is 30.7 Å². The number of hydrogen-bond acceptors (Lipinski definition) is 4. The fourth-order valence-electron chi connectivity index (χ4n) is 4.13. The molecular weight excluding hydrogens is 398 g/mol. The van der Waals surface area contributed by atoms with E-state index in [1.54, 1.807) is 24.3 Å². The van der Waals surface area contributed by atoms with E-state index in [0.717, 1.165) is 37.8 Å². The van der Waals surface area contributed by atoms with Crippen LogP contribution in [0, 0.1) is 0 Å². The van der Waals surface area contributed by atoms with Crippen LogP contribution in [0.15, 0.2) is 52.4 Å². The number of anilines is 1. The zero-order valence-electron chi connectivity index (χ0n) is 17.0. The van der Waals surface area contributed by atoms with Gasteiger partial charge >= 0.3 is 0 Å². The molecule has 158 valence electrons. The molecule has 0 bridgehead atoms. The lowest BCUT2D eigenvalue weighted by atomic mass is 9.90. The zero-order valence-corrected chi connectivity index (χ0v) is 17.8. The lowest BCUT2D eigenvalue weighted by Gasteiger charge is -2.19. The summed E-state index contributed by atoms with van der Waals surface area (Å²) < 4.78 is 26.7. The highest BCUT2D eigenvalue weighted by atomic mass is 32.2. The van der Waals surface area contributed by atoms with Gasteiger partial charge in [0.2, 0.25) is 5.91 Å². The second-order valence-electron chi connectivity index (χ2n) is 7.84. The molecule has 0 saturated heterocycles. The summed E-state index contributed by atoms with van der Waals surface area (Å²) in [5.41, 5.74) is 4.26. The molecule has 0 fully saturated rings. The standard InChI is InChI=1S/C23H27N3O3S/c27-22(25-20-13-8-10-17-9-3-4-11-18(17)20)15-2-1-7-16-24-23-19-12-5-6-14-21(19)30(28,29)26-23/h5-6,8,10,12-14H,1-4,7,9,11,15-16H2,(H,24,26)(H,25,27). The van der Waals surface area contributed by atoms with E-state index in [-0.39, 0.29) is 10.8 Å². The summed E-state index contributed by atoms with van der Waals surface area (Å²) in [5.74, 6) is 0.468. The van der Waals surface area contributed by atoms with Gasteiger partial charge in [0.25, 0.3) is 10.0 Å². The van der Waals surface area contributed by atoms with Gasteiger partial charge in [0, 0.05) is 24.2 Å². The number of amides is 1. The molecule has 0 aromatic heterocycles. The predicted octanol–water partition coefficient (Wildman–Crippen LogP) is 3.80. The lowest BCUT2D eigenvalue weighted by molar-refractivity contribution is -0.116. The Hall–Kier alpha value is -2.67. The smallest absolute Gasteiger partial charge is 0.263 e. The largest absolute Gasteiger partial charge is 0.326 e. The van der Waals surface area contributed by atoms with Crippen LogP contribution in [-0.2, 0) is 27.7 Å². The van der Waals surface area contributed by atoms with E-state index in [9.17, 15) is 13.2 Å². The van der Waals surface area contributed by atoms with Crippen molar-refractivity contribution in [3.05, 3.63) is 59.2 Å². The van der Waals surface area contributed by atoms with Crippen LogP contribution < -0.4 is 10.0 Å². The molecule has 1 heterocycles. The van der Waals surface area contributed by atoms with Crippen LogP contribution >= 0.6 is 0 Å². The monoisotopic (exact) mass is 425 g/mol. The van der Waals surface area contributed by atoms with Crippen molar-refractivity contribution in [2.45, 2.75) is 56.3 Å². The third-order valence-corrected chi connectivity index (χ3v) is 7.06. The first-order valence-corrected chi connectivity index (χ1v) is 12.1. The Labute approximate surface area is 177 Å². The van der Waals surface area contributed by atoms with Crippen LogP contribution in [0.2, 0.25) is 0 Å². The average Bonchev–Trinajstić information content (AvgIpc) is 3.01. The van der Waals surface area contributed by atoms with Gasteiger partial charge in [-0.2, -0.15) is 0 Å². The van der Waals surface area contributed by atoms with Gasteiger partial charge in [0.05, 0.1) is 4.90 Å². The number of rotatable bonds is 7. The predicted molar refractivity (Wildman–Crippen MR) is 118 cm³/mol. The lowest BCUT2D eigenvalue weighted by Crippen LogP contribution is -2.22. The number of unbranched alkanes of at least 4 members (excludes halogenated alkanes) is 2. The van der Waals surface area contributed by atoms with Crippen molar-refractivity contribution in [3.8, 4) is 0 Å². The van der Waals surface area contributed by atoms with Gasteiger partial charge in [-0.05, 0) is 67.9 Å². The second-order valence-corrected chi connectivity index (χ2v) is 9.49. The highest BCUT2D eigenvalue weighted by molar-refractivity contribution is 7.90. The average molecular weight is 426 g/mol. The molecule has 0 radical (unpaired) electrons. The maximum atomic E-state index is 12.3. The minimum absolute atomic E-state index is 0.0535. The third kappa shape index (κ3) is 4.56. The van der Waals surface area contributed by atoms with Gasteiger partial charge in [-0.3, -0.25) is 14.5 Å². The summed E-state index contributed by atoms with van der Waals surface area (Å²) in [6, 6.07) is 13.0. The van der Waals surface area contributed by atoms with Crippen molar-refractivity contribution in [2.24, 2.45) is 4.99 Å². The Morgan fingerprint density at radius 3 is 2.73 bits per heavy atom. The number of aryl methyl sites for hydroxylation is 1. The molecule has 1 aliphatic heterocycles. The molecule has 0 spiro atoms. The molecule has 0 saturated carbocycles. The SMILES string of the molecule is O=C(CCCCCN=C1NS(=O)(=O)c2ccccc21)Nc1cccc2c1CCCC2. The highest BCUT2D eigenvalue weighted by Gasteiger charge is 2.29. The van der Waals surface area contributed by atoms with Crippen molar-refractivity contribution < 1.29 is 13.2 Å². The van der Waals surface area contributed by atoms with Gasteiger partial charge in [-0.15, -0.1) is 0 Å². The Kier molecular flexibility index (Phi) is 6.18. The summed E-state index contributed by atoms with van der Waals surface area (Å²) in [6.45, 7) is 0.528. The number of amidine groups is 1. The number of nitrogens with one attached hydrogen (secondary N) is 2. The van der Waals surface area contributed by atoms with E-state index in [4.69, 9.17) is 0 Å². The van der Waals surface area contributed by atoms with E-state index in [2.05, 4.69) is 21.1 Å². The molecule has 2 N–H and O–H groups in total. The normalized spacial score (nSPS) is 17.8. The summed E-state index contributed by atoms with van der Waals surface area (Å²) >= 11 is 0. The van der Waals surface area contributed by atoms with Crippen LogP contribution in [-0.4, -0.2) is 26.7 Å². The van der Waals surface area contributed by atoms with Crippen molar-refractivity contribution in [1.29, 1.82) is 0 Å². The second kappa shape index (κ2) is 9.00. The van der Waals surface area contributed by atoms with Gasteiger partial charge in [0.1, 0.15) is 5.84 Å². The molecule has 1 aliphatic carbocycles. The first-order valence-electron chi connectivity index (χ1n) is 10.6. The quantitative estimate of drug-likeness (QED) is 0.662. The maximum absolute atomic E-state index is 12.3. The molecule has 0 atom stereocenters. The van der Waals surface area contributed by atoms with Gasteiger partial charge in [0.15, 0.2) is 0 Å². The van der Waals surface area contributed by atoms with E-state index < -0.39 is 10.0 Å². The molecule has 2 aromatic carbocycles. The first kappa shape index (κ1) is 20.6. The summed E-state index contributed by atoms with van der Waals surface area (Å²) in [6.07, 6.45) is 7.49. The van der Waals surface area contributed by atoms with Crippen molar-refractivity contribution in [1.82, 2.24) is 4.72 Å². The number of carbonyl (C=O) groups is 1. The minimum atomic E-state index is -3.48. The molecule has 1 amide bonds. The Morgan fingerprint density at radius 1 is 1.00 bits per heavy atom.